The van der Waals surface area contributed by atoms with Crippen LogP contribution in [-0.2, 0) is 6.18 Å². The van der Waals surface area contributed by atoms with Crippen LogP contribution in [0.5, 0.6) is 11.5 Å². The summed E-state index contributed by atoms with van der Waals surface area (Å²) in [5, 5.41) is 6.24. The van der Waals surface area contributed by atoms with Crippen molar-refractivity contribution in [1.82, 2.24) is 9.78 Å². The number of carbonyl (C=O) groups is 1. The van der Waals surface area contributed by atoms with Crippen molar-refractivity contribution in [1.29, 1.82) is 0 Å². The highest BCUT2D eigenvalue weighted by Crippen LogP contribution is 2.36. The molecule has 1 aliphatic rings. The normalized spacial score (nSPS) is 12.9. The molecule has 0 saturated heterocycles. The Bertz CT molecular complexity index is 1040. The number of alkyl halides is 3. The van der Waals surface area contributed by atoms with Gasteiger partial charge in [-0.2, -0.15) is 18.3 Å². The average Bonchev–Trinajstić information content (AvgIpc) is 3.28. The highest BCUT2D eigenvalue weighted by Gasteiger charge is 2.40. The van der Waals surface area contributed by atoms with Crippen LogP contribution in [0.1, 0.15) is 21.6 Å². The van der Waals surface area contributed by atoms with Gasteiger partial charge in [-0.15, -0.1) is 0 Å². The Balaban J connectivity index is 1.69. The summed E-state index contributed by atoms with van der Waals surface area (Å²) < 4.78 is 52.2. The fourth-order valence-corrected chi connectivity index (χ4v) is 2.84. The highest BCUT2D eigenvalue weighted by molar-refractivity contribution is 6.05. The third-order valence-corrected chi connectivity index (χ3v) is 4.19. The summed E-state index contributed by atoms with van der Waals surface area (Å²) in [6.45, 7) is 1.87. The molecule has 1 aromatic heterocycles. The Morgan fingerprint density at radius 1 is 1.11 bits per heavy atom. The van der Waals surface area contributed by atoms with Crippen molar-refractivity contribution in [2.24, 2.45) is 0 Å². The van der Waals surface area contributed by atoms with E-state index in [1.807, 2.05) is 6.92 Å². The lowest BCUT2D eigenvalue weighted by atomic mass is 10.2. The maximum atomic E-state index is 13.7. The van der Waals surface area contributed by atoms with Gasteiger partial charge in [0.15, 0.2) is 17.2 Å². The van der Waals surface area contributed by atoms with E-state index in [2.05, 4.69) is 10.4 Å². The second-order valence-electron chi connectivity index (χ2n) is 6.17. The van der Waals surface area contributed by atoms with Crippen molar-refractivity contribution in [3.63, 3.8) is 0 Å². The summed E-state index contributed by atoms with van der Waals surface area (Å²) in [6, 6.07) is 10.9. The summed E-state index contributed by atoms with van der Waals surface area (Å²) in [5.41, 5.74) is -0.337. The van der Waals surface area contributed by atoms with Crippen LogP contribution in [0, 0.1) is 6.92 Å². The van der Waals surface area contributed by atoms with E-state index in [9.17, 15) is 18.0 Å². The Hall–Kier alpha value is -3.49. The van der Waals surface area contributed by atoms with Gasteiger partial charge < -0.3 is 14.8 Å². The molecule has 28 heavy (non-hydrogen) atoms. The van der Waals surface area contributed by atoms with E-state index in [1.54, 1.807) is 18.2 Å². The summed E-state index contributed by atoms with van der Waals surface area (Å²) in [6.07, 6.45) is -3.87. The molecule has 2 heterocycles. The third-order valence-electron chi connectivity index (χ3n) is 4.19. The molecule has 1 amide bonds. The summed E-state index contributed by atoms with van der Waals surface area (Å²) in [5.74, 6) is -0.0186. The number of hydrogen-bond donors (Lipinski definition) is 1. The van der Waals surface area contributed by atoms with Crippen molar-refractivity contribution in [3.05, 3.63) is 65.5 Å². The Labute approximate surface area is 157 Å². The van der Waals surface area contributed by atoms with E-state index in [0.717, 1.165) is 11.8 Å². The maximum absolute atomic E-state index is 13.7. The number of amides is 1. The number of ether oxygens (including phenoxy) is 2. The first-order valence-corrected chi connectivity index (χ1v) is 8.26. The Kier molecular flexibility index (Phi) is 4.21. The van der Waals surface area contributed by atoms with Gasteiger partial charge in [-0.3, -0.25) is 4.79 Å². The van der Waals surface area contributed by atoms with Crippen molar-refractivity contribution in [2.75, 3.05) is 12.1 Å². The minimum atomic E-state index is -4.77. The average molecular weight is 389 g/mol. The molecule has 144 valence electrons. The van der Waals surface area contributed by atoms with E-state index in [0.29, 0.717) is 16.2 Å². The van der Waals surface area contributed by atoms with Crippen LogP contribution in [0.25, 0.3) is 5.69 Å². The minimum absolute atomic E-state index is 0.0499. The van der Waals surface area contributed by atoms with Crippen LogP contribution in [0.4, 0.5) is 18.9 Å². The van der Waals surface area contributed by atoms with Gasteiger partial charge in [0.2, 0.25) is 6.79 Å². The zero-order valence-electron chi connectivity index (χ0n) is 14.6. The molecule has 0 fully saturated rings. The van der Waals surface area contributed by atoms with Gasteiger partial charge in [0.05, 0.1) is 17.4 Å². The number of carbonyl (C=O) groups excluding carboxylic acids is 1. The van der Waals surface area contributed by atoms with Crippen molar-refractivity contribution in [2.45, 2.75) is 13.1 Å². The van der Waals surface area contributed by atoms with Crippen molar-refractivity contribution in [3.8, 4) is 17.2 Å². The zero-order valence-corrected chi connectivity index (χ0v) is 14.6. The Morgan fingerprint density at radius 3 is 2.54 bits per heavy atom. The molecule has 6 nitrogen and oxygen atoms in total. The number of nitrogens with one attached hydrogen (secondary N) is 1. The first-order valence-electron chi connectivity index (χ1n) is 8.26. The van der Waals surface area contributed by atoms with Gasteiger partial charge in [0.25, 0.3) is 5.91 Å². The fourth-order valence-electron chi connectivity index (χ4n) is 2.84. The number of hydrogen-bond acceptors (Lipinski definition) is 4. The number of fused-ring (bicyclic) bond motifs is 1. The molecule has 1 aliphatic heterocycles. The lowest BCUT2D eigenvalue weighted by Gasteiger charge is -2.13. The van der Waals surface area contributed by atoms with Crippen LogP contribution in [0.3, 0.4) is 0 Å². The predicted octanol–water partition coefficient (Wildman–Crippen LogP) is 4.18. The number of rotatable bonds is 3. The summed E-state index contributed by atoms with van der Waals surface area (Å²) >= 11 is 0. The first-order chi connectivity index (χ1) is 13.3. The first kappa shape index (κ1) is 17.9. The molecule has 0 spiro atoms. The molecule has 0 unspecified atom stereocenters. The fraction of sp³-hybridized carbons (Fsp3) is 0.158. The number of benzene rings is 2. The molecule has 0 aliphatic carbocycles. The second-order valence-corrected chi connectivity index (χ2v) is 6.17. The van der Waals surface area contributed by atoms with Crippen LogP contribution in [-0.4, -0.2) is 22.5 Å². The number of nitrogens with zero attached hydrogens (tertiary/aromatic N) is 2. The maximum Gasteiger partial charge on any atom is 0.434 e. The van der Waals surface area contributed by atoms with E-state index in [-0.39, 0.29) is 18.2 Å². The van der Waals surface area contributed by atoms with Crippen LogP contribution >= 0.6 is 0 Å². The van der Waals surface area contributed by atoms with Gasteiger partial charge in [0.1, 0.15) is 0 Å². The van der Waals surface area contributed by atoms with E-state index >= 15 is 0 Å². The lowest BCUT2D eigenvalue weighted by Crippen LogP contribution is -2.20. The number of aromatic nitrogens is 2. The SMILES string of the molecule is Cc1ccc(-n2ncc(C(=O)Nc3ccc4c(c3)OCO4)c2C(F)(F)F)cc1. The smallest absolute Gasteiger partial charge is 0.434 e. The largest absolute Gasteiger partial charge is 0.454 e. The molecular weight excluding hydrogens is 375 g/mol. The zero-order chi connectivity index (χ0) is 19.9. The standard InChI is InChI=1S/C19H14F3N3O3/c1-11-2-5-13(6-3-11)25-17(19(20,21)22)14(9-23-25)18(26)24-12-4-7-15-16(8-12)28-10-27-15/h2-9H,10H2,1H3,(H,24,26). The van der Waals surface area contributed by atoms with Crippen molar-refractivity contribution >= 4 is 11.6 Å². The Morgan fingerprint density at radius 2 is 1.82 bits per heavy atom. The summed E-state index contributed by atoms with van der Waals surface area (Å²) in [4.78, 5) is 12.5. The monoisotopic (exact) mass is 389 g/mol. The van der Waals surface area contributed by atoms with Gasteiger partial charge in [-0.1, -0.05) is 17.7 Å². The molecular formula is C19H14F3N3O3. The molecule has 0 saturated carbocycles. The van der Waals surface area contributed by atoms with Crippen LogP contribution in [0.15, 0.2) is 48.7 Å². The number of anilines is 1. The van der Waals surface area contributed by atoms with Crippen LogP contribution < -0.4 is 14.8 Å². The third kappa shape index (κ3) is 3.26. The number of halogens is 3. The molecule has 1 N–H and O–H groups in total. The van der Waals surface area contributed by atoms with E-state index in [4.69, 9.17) is 9.47 Å². The molecule has 4 rings (SSSR count). The van der Waals surface area contributed by atoms with Gasteiger partial charge in [0, 0.05) is 11.8 Å². The number of aryl methyl sites for hydroxylation is 1. The predicted molar refractivity (Wildman–Crippen MR) is 93.8 cm³/mol. The lowest BCUT2D eigenvalue weighted by molar-refractivity contribution is -0.143. The molecule has 3 aromatic rings. The second kappa shape index (κ2) is 6.59. The summed E-state index contributed by atoms with van der Waals surface area (Å²) in [7, 11) is 0. The molecule has 2 aromatic carbocycles. The highest BCUT2D eigenvalue weighted by atomic mass is 19.4. The van der Waals surface area contributed by atoms with Crippen molar-refractivity contribution < 1.29 is 27.4 Å². The van der Waals surface area contributed by atoms with Gasteiger partial charge in [-0.05, 0) is 31.2 Å². The quantitative estimate of drug-likeness (QED) is 0.730. The minimum Gasteiger partial charge on any atom is -0.454 e. The molecule has 0 bridgehead atoms. The van der Waals surface area contributed by atoms with Crippen LogP contribution in [0.2, 0.25) is 0 Å². The van der Waals surface area contributed by atoms with Gasteiger partial charge in [-0.25, -0.2) is 4.68 Å². The van der Waals surface area contributed by atoms with E-state index < -0.39 is 23.3 Å². The molecule has 9 heteroatoms. The molecule has 0 radical (unpaired) electrons. The van der Waals surface area contributed by atoms with E-state index in [1.165, 1.54) is 24.3 Å². The van der Waals surface area contributed by atoms with Gasteiger partial charge >= 0.3 is 6.18 Å². The topological polar surface area (TPSA) is 65.4 Å². The molecule has 0 atom stereocenters.